The number of nitrogens with two attached hydrogens (primary N) is 1. The van der Waals surface area contributed by atoms with Crippen LogP contribution in [-0.2, 0) is 11.2 Å². The van der Waals surface area contributed by atoms with Crippen LogP contribution >= 0.6 is 0 Å². The van der Waals surface area contributed by atoms with Crippen LogP contribution in [0.4, 0.5) is 4.39 Å². The van der Waals surface area contributed by atoms with Gasteiger partial charge in [0, 0.05) is 25.2 Å². The topological polar surface area (TPSA) is 47.7 Å². The summed E-state index contributed by atoms with van der Waals surface area (Å²) in [7, 11) is 1.47. The number of hydrogen-bond acceptors (Lipinski definition) is 4. The Bertz CT molecular complexity index is 468. The third kappa shape index (κ3) is 3.93. The summed E-state index contributed by atoms with van der Waals surface area (Å²) in [5, 5.41) is 0. The molecule has 0 aromatic heterocycles. The minimum atomic E-state index is -0.327. The number of halogens is 1. The van der Waals surface area contributed by atoms with E-state index in [0.29, 0.717) is 24.6 Å². The van der Waals surface area contributed by atoms with Crippen molar-refractivity contribution < 1.29 is 13.9 Å². The maximum absolute atomic E-state index is 14.2. The number of rotatable bonds is 5. The highest BCUT2D eigenvalue weighted by molar-refractivity contribution is 5.31. The lowest BCUT2D eigenvalue weighted by Crippen LogP contribution is -2.53. The van der Waals surface area contributed by atoms with Gasteiger partial charge in [-0.05, 0) is 31.9 Å². The summed E-state index contributed by atoms with van der Waals surface area (Å²) in [4.78, 5) is 2.34. The summed E-state index contributed by atoms with van der Waals surface area (Å²) in [6.07, 6.45) is 0.381. The maximum atomic E-state index is 14.2. The van der Waals surface area contributed by atoms with E-state index in [0.717, 1.165) is 13.1 Å². The van der Waals surface area contributed by atoms with E-state index in [2.05, 4.69) is 18.7 Å². The van der Waals surface area contributed by atoms with Gasteiger partial charge in [-0.15, -0.1) is 0 Å². The van der Waals surface area contributed by atoms with Gasteiger partial charge in [-0.1, -0.05) is 12.1 Å². The Morgan fingerprint density at radius 2 is 2.24 bits per heavy atom. The van der Waals surface area contributed by atoms with Gasteiger partial charge in [0.25, 0.3) is 0 Å². The Morgan fingerprint density at radius 3 is 2.90 bits per heavy atom. The van der Waals surface area contributed by atoms with E-state index in [1.165, 1.54) is 7.11 Å². The fourth-order valence-electron chi connectivity index (χ4n) is 2.68. The minimum Gasteiger partial charge on any atom is -0.494 e. The Balaban J connectivity index is 2.02. The minimum absolute atomic E-state index is 0.0632. The fourth-order valence-corrected chi connectivity index (χ4v) is 2.68. The molecule has 1 aliphatic rings. The second-order valence-corrected chi connectivity index (χ2v) is 5.80. The molecule has 21 heavy (non-hydrogen) atoms. The van der Waals surface area contributed by atoms with Gasteiger partial charge < -0.3 is 15.2 Å². The molecule has 2 atom stereocenters. The molecule has 1 heterocycles. The number of ether oxygens (including phenoxy) is 2. The first kappa shape index (κ1) is 16.2. The van der Waals surface area contributed by atoms with Crippen molar-refractivity contribution in [1.29, 1.82) is 0 Å². The number of methoxy groups -OCH3 is 1. The van der Waals surface area contributed by atoms with Crippen molar-refractivity contribution >= 4 is 0 Å². The zero-order valence-corrected chi connectivity index (χ0v) is 13.0. The molecule has 1 saturated heterocycles. The molecule has 0 amide bonds. The highest BCUT2D eigenvalue weighted by Gasteiger charge is 2.27. The molecule has 0 saturated carbocycles. The Morgan fingerprint density at radius 1 is 1.48 bits per heavy atom. The monoisotopic (exact) mass is 296 g/mol. The Kier molecular flexibility index (Phi) is 5.56. The smallest absolute Gasteiger partial charge is 0.168 e. The predicted octanol–water partition coefficient (Wildman–Crippen LogP) is 1.81. The van der Waals surface area contributed by atoms with Crippen LogP contribution in [0.2, 0.25) is 0 Å². The van der Waals surface area contributed by atoms with Crippen molar-refractivity contribution in [2.45, 2.75) is 38.5 Å². The number of morpholine rings is 1. The molecular formula is C16H25FN2O2. The van der Waals surface area contributed by atoms with Gasteiger partial charge in [-0.2, -0.15) is 0 Å². The van der Waals surface area contributed by atoms with Crippen LogP contribution < -0.4 is 10.5 Å². The van der Waals surface area contributed by atoms with Gasteiger partial charge >= 0.3 is 0 Å². The highest BCUT2D eigenvalue weighted by atomic mass is 19.1. The van der Waals surface area contributed by atoms with Gasteiger partial charge in [0.15, 0.2) is 11.6 Å². The van der Waals surface area contributed by atoms with Crippen LogP contribution in [0.15, 0.2) is 18.2 Å². The van der Waals surface area contributed by atoms with Crippen molar-refractivity contribution in [1.82, 2.24) is 4.90 Å². The Hall–Kier alpha value is -1.17. The van der Waals surface area contributed by atoms with E-state index >= 15 is 0 Å². The number of hydrogen-bond donors (Lipinski definition) is 1. The Labute approximate surface area is 126 Å². The molecule has 1 fully saturated rings. The molecular weight excluding hydrogens is 271 g/mol. The molecule has 0 spiro atoms. The van der Waals surface area contributed by atoms with E-state index in [4.69, 9.17) is 15.2 Å². The van der Waals surface area contributed by atoms with E-state index in [9.17, 15) is 4.39 Å². The molecule has 5 heteroatoms. The van der Waals surface area contributed by atoms with Gasteiger partial charge in [-0.25, -0.2) is 4.39 Å². The van der Waals surface area contributed by atoms with Crippen molar-refractivity contribution in [3.8, 4) is 5.75 Å². The zero-order valence-electron chi connectivity index (χ0n) is 13.0. The average molecular weight is 296 g/mol. The molecule has 2 N–H and O–H groups in total. The number of benzene rings is 1. The molecule has 118 valence electrons. The summed E-state index contributed by atoms with van der Waals surface area (Å²) in [5.41, 5.74) is 6.82. The maximum Gasteiger partial charge on any atom is 0.168 e. The summed E-state index contributed by atoms with van der Waals surface area (Å²) < 4.78 is 24.9. The summed E-state index contributed by atoms with van der Waals surface area (Å²) in [5.74, 6) is -0.0694. The van der Waals surface area contributed by atoms with Gasteiger partial charge in [-0.3, -0.25) is 4.90 Å². The SMILES string of the molecule is COc1cccc(CC(N)C2CN(C(C)C)CCO2)c1F. The molecule has 2 rings (SSSR count). The normalized spacial score (nSPS) is 21.5. The first-order valence-electron chi connectivity index (χ1n) is 7.45. The molecule has 1 aromatic rings. The highest BCUT2D eigenvalue weighted by Crippen LogP contribution is 2.22. The van der Waals surface area contributed by atoms with Crippen LogP contribution in [-0.4, -0.2) is 49.9 Å². The van der Waals surface area contributed by atoms with Crippen molar-refractivity contribution in [3.63, 3.8) is 0 Å². The van der Waals surface area contributed by atoms with E-state index in [1.807, 2.05) is 0 Å². The molecule has 1 aliphatic heterocycles. The van der Waals surface area contributed by atoms with Crippen molar-refractivity contribution in [2.75, 3.05) is 26.8 Å². The summed E-state index contributed by atoms with van der Waals surface area (Å²) in [6.45, 7) is 6.72. The lowest BCUT2D eigenvalue weighted by Gasteiger charge is -2.38. The van der Waals surface area contributed by atoms with E-state index in [1.54, 1.807) is 18.2 Å². The molecule has 0 bridgehead atoms. The quantitative estimate of drug-likeness (QED) is 0.900. The third-order valence-electron chi connectivity index (χ3n) is 4.05. The molecule has 4 nitrogen and oxygen atoms in total. The second kappa shape index (κ2) is 7.20. The van der Waals surface area contributed by atoms with E-state index < -0.39 is 0 Å². The molecule has 2 unspecified atom stereocenters. The van der Waals surface area contributed by atoms with Crippen LogP contribution in [0.25, 0.3) is 0 Å². The van der Waals surface area contributed by atoms with Gasteiger partial charge in [0.05, 0.1) is 19.8 Å². The summed E-state index contributed by atoms with van der Waals surface area (Å²) in [6, 6.07) is 5.39. The van der Waals surface area contributed by atoms with Crippen LogP contribution in [0.1, 0.15) is 19.4 Å². The van der Waals surface area contributed by atoms with Gasteiger partial charge in [0.2, 0.25) is 0 Å². The van der Waals surface area contributed by atoms with Crippen LogP contribution in [0.5, 0.6) is 5.75 Å². The van der Waals surface area contributed by atoms with Gasteiger partial charge in [0.1, 0.15) is 0 Å². The second-order valence-electron chi connectivity index (χ2n) is 5.80. The lowest BCUT2D eigenvalue weighted by atomic mass is 9.99. The largest absolute Gasteiger partial charge is 0.494 e. The average Bonchev–Trinajstić information content (AvgIpc) is 2.49. The van der Waals surface area contributed by atoms with E-state index in [-0.39, 0.29) is 23.7 Å². The first-order chi connectivity index (χ1) is 10.0. The van der Waals surface area contributed by atoms with Crippen LogP contribution in [0.3, 0.4) is 0 Å². The standard InChI is InChI=1S/C16H25FN2O2/c1-11(2)19-7-8-21-15(10-19)13(18)9-12-5-4-6-14(20-3)16(12)17/h4-6,11,13,15H,7-10,18H2,1-3H3. The molecule has 0 radical (unpaired) electrons. The van der Waals surface area contributed by atoms with Crippen LogP contribution in [0, 0.1) is 5.82 Å². The molecule has 0 aliphatic carbocycles. The molecule has 1 aromatic carbocycles. The predicted molar refractivity (Wildman–Crippen MR) is 81.1 cm³/mol. The summed E-state index contributed by atoms with van der Waals surface area (Å²) >= 11 is 0. The van der Waals surface area contributed by atoms with Crippen molar-refractivity contribution in [2.24, 2.45) is 5.73 Å². The van der Waals surface area contributed by atoms with Crippen molar-refractivity contribution in [3.05, 3.63) is 29.6 Å². The lowest BCUT2D eigenvalue weighted by molar-refractivity contribution is -0.0496. The first-order valence-corrected chi connectivity index (χ1v) is 7.45. The number of nitrogens with zero attached hydrogens (tertiary/aromatic N) is 1. The fraction of sp³-hybridized carbons (Fsp3) is 0.625. The third-order valence-corrected chi connectivity index (χ3v) is 4.05. The zero-order chi connectivity index (χ0) is 15.4.